The molecule has 0 bridgehead atoms. The van der Waals surface area contributed by atoms with E-state index in [9.17, 15) is 0 Å². The van der Waals surface area contributed by atoms with Gasteiger partial charge in [0.1, 0.15) is 5.75 Å². The van der Waals surface area contributed by atoms with Gasteiger partial charge in [0.2, 0.25) is 5.88 Å². The van der Waals surface area contributed by atoms with Crippen LogP contribution in [0, 0.1) is 6.92 Å². The lowest BCUT2D eigenvalue weighted by Crippen LogP contribution is -2.03. The minimum atomic E-state index is 0.660. The molecule has 0 saturated heterocycles. The van der Waals surface area contributed by atoms with Gasteiger partial charge in [-0.1, -0.05) is 6.07 Å². The minimum absolute atomic E-state index is 0.660. The SMILES string of the molecule is COc1cccc(-n2nc(C)c(CCCN)c2OC)c1. The van der Waals surface area contributed by atoms with Gasteiger partial charge >= 0.3 is 0 Å². The number of methoxy groups -OCH3 is 2. The number of ether oxygens (including phenoxy) is 2. The number of benzene rings is 1. The van der Waals surface area contributed by atoms with Crippen LogP contribution in [0.3, 0.4) is 0 Å². The van der Waals surface area contributed by atoms with E-state index < -0.39 is 0 Å². The number of nitrogens with two attached hydrogens (primary N) is 1. The molecule has 1 aromatic carbocycles. The van der Waals surface area contributed by atoms with Crippen molar-refractivity contribution in [1.82, 2.24) is 9.78 Å². The molecule has 0 radical (unpaired) electrons. The Bertz CT molecular complexity index is 578. The van der Waals surface area contributed by atoms with Gasteiger partial charge < -0.3 is 15.2 Å². The average Bonchev–Trinajstić information content (AvgIpc) is 2.81. The van der Waals surface area contributed by atoms with Gasteiger partial charge in [-0.25, -0.2) is 4.68 Å². The summed E-state index contributed by atoms with van der Waals surface area (Å²) in [6.07, 6.45) is 1.79. The van der Waals surface area contributed by atoms with Crippen LogP contribution in [0.15, 0.2) is 24.3 Å². The number of nitrogens with zero attached hydrogens (tertiary/aromatic N) is 2. The van der Waals surface area contributed by atoms with Gasteiger partial charge in [0.15, 0.2) is 0 Å². The first kappa shape index (κ1) is 14.4. The molecule has 0 unspecified atom stereocenters. The third-order valence-corrected chi connectivity index (χ3v) is 3.26. The average molecular weight is 275 g/mol. The van der Waals surface area contributed by atoms with Gasteiger partial charge in [0.05, 0.1) is 25.6 Å². The third kappa shape index (κ3) is 2.77. The Hall–Kier alpha value is -2.01. The van der Waals surface area contributed by atoms with Gasteiger partial charge in [0, 0.05) is 11.6 Å². The maximum Gasteiger partial charge on any atom is 0.219 e. The molecular formula is C15H21N3O2. The summed E-state index contributed by atoms with van der Waals surface area (Å²) in [6.45, 7) is 2.65. The zero-order valence-corrected chi connectivity index (χ0v) is 12.2. The standard InChI is InChI=1S/C15H21N3O2/c1-11-14(8-5-9-16)15(20-3)18(17-11)12-6-4-7-13(10-12)19-2/h4,6-7,10H,5,8-9,16H2,1-3H3. The van der Waals surface area contributed by atoms with Crippen LogP contribution in [0.4, 0.5) is 0 Å². The molecule has 0 fully saturated rings. The Kier molecular flexibility index (Phi) is 4.63. The van der Waals surface area contributed by atoms with Crippen molar-refractivity contribution in [2.75, 3.05) is 20.8 Å². The van der Waals surface area contributed by atoms with E-state index in [0.29, 0.717) is 6.54 Å². The first-order chi connectivity index (χ1) is 9.71. The van der Waals surface area contributed by atoms with Crippen LogP contribution >= 0.6 is 0 Å². The largest absolute Gasteiger partial charge is 0.497 e. The smallest absolute Gasteiger partial charge is 0.219 e. The lowest BCUT2D eigenvalue weighted by molar-refractivity contribution is 0.378. The molecule has 0 spiro atoms. The molecule has 0 saturated carbocycles. The van der Waals surface area contributed by atoms with Crippen LogP contribution in [0.1, 0.15) is 17.7 Å². The van der Waals surface area contributed by atoms with E-state index in [1.165, 1.54) is 0 Å². The normalized spacial score (nSPS) is 10.6. The minimum Gasteiger partial charge on any atom is -0.497 e. The van der Waals surface area contributed by atoms with Gasteiger partial charge in [-0.05, 0) is 38.4 Å². The van der Waals surface area contributed by atoms with Gasteiger partial charge in [-0.2, -0.15) is 5.10 Å². The molecule has 1 aromatic heterocycles. The van der Waals surface area contributed by atoms with Crippen LogP contribution in [-0.2, 0) is 6.42 Å². The zero-order chi connectivity index (χ0) is 14.5. The van der Waals surface area contributed by atoms with Crippen LogP contribution in [0.5, 0.6) is 11.6 Å². The van der Waals surface area contributed by atoms with Crippen molar-refractivity contribution >= 4 is 0 Å². The van der Waals surface area contributed by atoms with E-state index in [1.807, 2.05) is 35.9 Å². The molecule has 108 valence electrons. The van der Waals surface area contributed by atoms with Gasteiger partial charge in [-0.15, -0.1) is 0 Å². The number of hydrogen-bond donors (Lipinski definition) is 1. The molecule has 0 aliphatic heterocycles. The fourth-order valence-electron chi connectivity index (χ4n) is 2.23. The topological polar surface area (TPSA) is 62.3 Å². The van der Waals surface area contributed by atoms with Crippen LogP contribution < -0.4 is 15.2 Å². The molecule has 5 heteroatoms. The summed E-state index contributed by atoms with van der Waals surface area (Å²) in [6, 6.07) is 7.75. The van der Waals surface area contributed by atoms with Crippen LogP contribution in [0.25, 0.3) is 5.69 Å². The maximum absolute atomic E-state index is 5.59. The van der Waals surface area contributed by atoms with Crippen molar-refractivity contribution in [3.8, 4) is 17.3 Å². The summed E-state index contributed by atoms with van der Waals surface area (Å²) in [5.74, 6) is 1.56. The highest BCUT2D eigenvalue weighted by Crippen LogP contribution is 2.28. The summed E-state index contributed by atoms with van der Waals surface area (Å²) in [4.78, 5) is 0. The Labute approximate surface area is 119 Å². The molecule has 0 amide bonds. The molecule has 2 rings (SSSR count). The third-order valence-electron chi connectivity index (χ3n) is 3.26. The lowest BCUT2D eigenvalue weighted by atomic mass is 10.1. The van der Waals surface area contributed by atoms with E-state index in [4.69, 9.17) is 15.2 Å². The molecule has 2 N–H and O–H groups in total. The van der Waals surface area contributed by atoms with Gasteiger partial charge in [0.25, 0.3) is 0 Å². The lowest BCUT2D eigenvalue weighted by Gasteiger charge is -2.09. The van der Waals surface area contributed by atoms with E-state index in [1.54, 1.807) is 14.2 Å². The highest BCUT2D eigenvalue weighted by atomic mass is 16.5. The summed E-state index contributed by atoms with van der Waals surface area (Å²) >= 11 is 0. The van der Waals surface area contributed by atoms with E-state index in [0.717, 1.165) is 41.4 Å². The molecule has 5 nitrogen and oxygen atoms in total. The Morgan fingerprint density at radius 2 is 2.05 bits per heavy atom. The van der Waals surface area contributed by atoms with Crippen molar-refractivity contribution in [1.29, 1.82) is 0 Å². The van der Waals surface area contributed by atoms with Crippen molar-refractivity contribution < 1.29 is 9.47 Å². The second kappa shape index (κ2) is 6.43. The summed E-state index contributed by atoms with van der Waals surface area (Å²) in [5.41, 5.74) is 8.59. The molecule has 0 atom stereocenters. The highest BCUT2D eigenvalue weighted by Gasteiger charge is 2.16. The number of aromatic nitrogens is 2. The summed E-state index contributed by atoms with van der Waals surface area (Å²) in [5, 5.41) is 4.58. The van der Waals surface area contributed by atoms with Crippen LogP contribution in [0.2, 0.25) is 0 Å². The van der Waals surface area contributed by atoms with Crippen molar-refractivity contribution in [2.24, 2.45) is 5.73 Å². The second-order valence-electron chi connectivity index (χ2n) is 4.58. The van der Waals surface area contributed by atoms with Crippen molar-refractivity contribution in [3.05, 3.63) is 35.5 Å². The Morgan fingerprint density at radius 1 is 1.25 bits per heavy atom. The molecule has 0 aliphatic carbocycles. The quantitative estimate of drug-likeness (QED) is 0.877. The van der Waals surface area contributed by atoms with E-state index in [2.05, 4.69) is 5.10 Å². The fraction of sp³-hybridized carbons (Fsp3) is 0.400. The van der Waals surface area contributed by atoms with Gasteiger partial charge in [-0.3, -0.25) is 0 Å². The molecule has 20 heavy (non-hydrogen) atoms. The highest BCUT2D eigenvalue weighted by molar-refractivity contribution is 5.44. The monoisotopic (exact) mass is 275 g/mol. The fourth-order valence-corrected chi connectivity index (χ4v) is 2.23. The predicted octanol–water partition coefficient (Wildman–Crippen LogP) is 2.09. The summed E-state index contributed by atoms with van der Waals surface area (Å²) < 4.78 is 12.6. The zero-order valence-electron chi connectivity index (χ0n) is 12.2. The Morgan fingerprint density at radius 3 is 2.70 bits per heavy atom. The molecule has 0 aliphatic rings. The maximum atomic E-state index is 5.59. The van der Waals surface area contributed by atoms with E-state index >= 15 is 0 Å². The number of rotatable bonds is 6. The molecule has 1 heterocycles. The number of hydrogen-bond acceptors (Lipinski definition) is 4. The first-order valence-corrected chi connectivity index (χ1v) is 6.68. The molecule has 2 aromatic rings. The summed E-state index contributed by atoms with van der Waals surface area (Å²) in [7, 11) is 3.32. The second-order valence-corrected chi connectivity index (χ2v) is 4.58. The first-order valence-electron chi connectivity index (χ1n) is 6.68. The Balaban J connectivity index is 2.45. The molecular weight excluding hydrogens is 254 g/mol. The van der Waals surface area contributed by atoms with E-state index in [-0.39, 0.29) is 0 Å². The number of aryl methyl sites for hydroxylation is 1. The van der Waals surface area contributed by atoms with Crippen LogP contribution in [-0.4, -0.2) is 30.5 Å². The van der Waals surface area contributed by atoms with Crippen molar-refractivity contribution in [3.63, 3.8) is 0 Å². The van der Waals surface area contributed by atoms with Crippen molar-refractivity contribution in [2.45, 2.75) is 19.8 Å². The predicted molar refractivity (Wildman–Crippen MR) is 78.8 cm³/mol.